The summed E-state index contributed by atoms with van der Waals surface area (Å²) < 4.78 is 10.4. The van der Waals surface area contributed by atoms with Crippen LogP contribution in [0.5, 0.6) is 5.75 Å². The van der Waals surface area contributed by atoms with Crippen molar-refractivity contribution in [3.05, 3.63) is 29.8 Å². The van der Waals surface area contributed by atoms with E-state index in [0.717, 1.165) is 38.2 Å². The van der Waals surface area contributed by atoms with Crippen LogP contribution in [-0.2, 0) is 16.1 Å². The highest BCUT2D eigenvalue weighted by Gasteiger charge is 2.27. The number of para-hydroxylation sites is 1. The van der Waals surface area contributed by atoms with Crippen LogP contribution in [-0.4, -0.2) is 46.4 Å². The molecule has 1 aliphatic heterocycles. The number of quaternary nitrogens is 1. The summed E-state index contributed by atoms with van der Waals surface area (Å²) in [5.41, 5.74) is 1.24. The Bertz CT molecular complexity index is 471. The second kappa shape index (κ2) is 8.76. The van der Waals surface area contributed by atoms with Crippen LogP contribution in [0, 0.1) is 5.92 Å². The summed E-state index contributed by atoms with van der Waals surface area (Å²) in [6.07, 6.45) is 1.90. The van der Waals surface area contributed by atoms with Gasteiger partial charge in [-0.25, -0.2) is 0 Å². The van der Waals surface area contributed by atoms with Crippen LogP contribution >= 0.6 is 0 Å². The van der Waals surface area contributed by atoms with Gasteiger partial charge < -0.3 is 19.7 Å². The number of likely N-dealkylation sites (tertiary alicyclic amines) is 1. The zero-order valence-corrected chi connectivity index (χ0v) is 13.6. The maximum Gasteiger partial charge on any atom is 0.223 e. The van der Waals surface area contributed by atoms with E-state index in [1.807, 2.05) is 18.2 Å². The van der Waals surface area contributed by atoms with Crippen molar-refractivity contribution in [3.8, 4) is 5.75 Å². The number of methoxy groups -OCH3 is 2. The molecule has 0 saturated carbocycles. The van der Waals surface area contributed by atoms with E-state index >= 15 is 0 Å². The monoisotopic (exact) mass is 307 g/mol. The third-order valence-electron chi connectivity index (χ3n) is 4.30. The molecule has 1 amide bonds. The van der Waals surface area contributed by atoms with Gasteiger partial charge in [0.15, 0.2) is 0 Å². The molecular formula is C17H27N2O3+. The SMILES string of the molecule is COCCNC(=O)C1CC[NH+](Cc2ccccc2OC)CC1. The third-order valence-corrected chi connectivity index (χ3v) is 4.30. The Morgan fingerprint density at radius 1 is 1.27 bits per heavy atom. The minimum absolute atomic E-state index is 0.151. The number of carbonyl (C=O) groups excluding carboxylic acids is 1. The molecule has 0 bridgehead atoms. The van der Waals surface area contributed by atoms with Gasteiger partial charge in [-0.05, 0) is 12.1 Å². The summed E-state index contributed by atoms with van der Waals surface area (Å²) in [6, 6.07) is 8.17. The maximum absolute atomic E-state index is 12.0. The predicted octanol–water partition coefficient (Wildman–Crippen LogP) is 0.253. The lowest BCUT2D eigenvalue weighted by Gasteiger charge is -2.29. The zero-order valence-electron chi connectivity index (χ0n) is 13.6. The van der Waals surface area contributed by atoms with Crippen molar-refractivity contribution in [2.75, 3.05) is 40.5 Å². The molecule has 1 heterocycles. The van der Waals surface area contributed by atoms with Gasteiger partial charge in [0.1, 0.15) is 12.3 Å². The normalized spacial score (nSPS) is 21.4. The Morgan fingerprint density at radius 2 is 2.00 bits per heavy atom. The first-order valence-electron chi connectivity index (χ1n) is 7.96. The molecule has 1 fully saturated rings. The van der Waals surface area contributed by atoms with Crippen LogP contribution in [0.4, 0.5) is 0 Å². The Morgan fingerprint density at radius 3 is 2.68 bits per heavy atom. The topological polar surface area (TPSA) is 52.0 Å². The first-order chi connectivity index (χ1) is 10.7. The molecule has 0 aromatic heterocycles. The number of benzene rings is 1. The number of hydrogen-bond acceptors (Lipinski definition) is 3. The fourth-order valence-electron chi connectivity index (χ4n) is 3.00. The van der Waals surface area contributed by atoms with Gasteiger partial charge in [0.25, 0.3) is 0 Å². The Hall–Kier alpha value is -1.59. The number of piperidine rings is 1. The van der Waals surface area contributed by atoms with Gasteiger partial charge in [0.05, 0.1) is 26.8 Å². The highest BCUT2D eigenvalue weighted by molar-refractivity contribution is 5.78. The summed E-state index contributed by atoms with van der Waals surface area (Å²) in [7, 11) is 3.36. The van der Waals surface area contributed by atoms with Gasteiger partial charge in [0, 0.05) is 38.0 Å². The van der Waals surface area contributed by atoms with Crippen LogP contribution in [0.3, 0.4) is 0 Å². The van der Waals surface area contributed by atoms with Gasteiger partial charge in [0.2, 0.25) is 5.91 Å². The van der Waals surface area contributed by atoms with E-state index < -0.39 is 0 Å². The van der Waals surface area contributed by atoms with Crippen molar-refractivity contribution in [2.45, 2.75) is 19.4 Å². The molecule has 2 N–H and O–H groups in total. The summed E-state index contributed by atoms with van der Waals surface area (Å²) >= 11 is 0. The molecule has 0 unspecified atom stereocenters. The van der Waals surface area contributed by atoms with Crippen molar-refractivity contribution in [1.29, 1.82) is 0 Å². The molecule has 5 nitrogen and oxygen atoms in total. The van der Waals surface area contributed by atoms with Crippen molar-refractivity contribution in [3.63, 3.8) is 0 Å². The number of carbonyl (C=O) groups is 1. The molecule has 1 aromatic rings. The quantitative estimate of drug-likeness (QED) is 0.710. The molecule has 0 atom stereocenters. The average Bonchev–Trinajstić information content (AvgIpc) is 2.56. The third kappa shape index (κ3) is 4.71. The maximum atomic E-state index is 12.0. The van der Waals surface area contributed by atoms with E-state index in [9.17, 15) is 4.79 Å². The minimum atomic E-state index is 0.151. The molecule has 22 heavy (non-hydrogen) atoms. The van der Waals surface area contributed by atoms with E-state index in [0.29, 0.717) is 13.2 Å². The highest BCUT2D eigenvalue weighted by Crippen LogP contribution is 2.16. The molecule has 0 aliphatic carbocycles. The predicted molar refractivity (Wildman–Crippen MR) is 85.0 cm³/mol. The molecule has 1 aliphatic rings. The smallest absolute Gasteiger partial charge is 0.223 e. The summed E-state index contributed by atoms with van der Waals surface area (Å²) in [5.74, 6) is 1.28. The van der Waals surface area contributed by atoms with Crippen LogP contribution < -0.4 is 15.0 Å². The van der Waals surface area contributed by atoms with Crippen molar-refractivity contribution in [1.82, 2.24) is 5.32 Å². The van der Waals surface area contributed by atoms with Gasteiger partial charge in [-0.1, -0.05) is 12.1 Å². The van der Waals surface area contributed by atoms with E-state index in [2.05, 4.69) is 11.4 Å². The fraction of sp³-hybridized carbons (Fsp3) is 0.588. The standard InChI is InChI=1S/C17H26N2O3/c1-21-12-9-18-17(20)14-7-10-19(11-8-14)13-15-5-3-4-6-16(15)22-2/h3-6,14H,7-13H2,1-2H3,(H,18,20)/p+1. The number of amides is 1. The number of nitrogens with one attached hydrogen (secondary N) is 2. The fourth-order valence-corrected chi connectivity index (χ4v) is 3.00. The number of rotatable bonds is 7. The largest absolute Gasteiger partial charge is 0.496 e. The van der Waals surface area contributed by atoms with Crippen molar-refractivity contribution < 1.29 is 19.2 Å². The zero-order chi connectivity index (χ0) is 15.8. The minimum Gasteiger partial charge on any atom is -0.496 e. The van der Waals surface area contributed by atoms with Gasteiger partial charge in [-0.2, -0.15) is 0 Å². The van der Waals surface area contributed by atoms with Crippen LogP contribution in [0.2, 0.25) is 0 Å². The van der Waals surface area contributed by atoms with Crippen molar-refractivity contribution >= 4 is 5.91 Å². The summed E-state index contributed by atoms with van der Waals surface area (Å²) in [4.78, 5) is 13.6. The molecular weight excluding hydrogens is 280 g/mol. The first-order valence-corrected chi connectivity index (χ1v) is 7.96. The lowest BCUT2D eigenvalue weighted by Crippen LogP contribution is -3.11. The molecule has 0 radical (unpaired) electrons. The van der Waals surface area contributed by atoms with E-state index in [-0.39, 0.29) is 11.8 Å². The molecule has 1 saturated heterocycles. The van der Waals surface area contributed by atoms with Crippen LogP contribution in [0.15, 0.2) is 24.3 Å². The molecule has 1 aromatic carbocycles. The van der Waals surface area contributed by atoms with Gasteiger partial charge >= 0.3 is 0 Å². The average molecular weight is 307 g/mol. The summed E-state index contributed by atoms with van der Waals surface area (Å²) in [5, 5.41) is 2.94. The second-order valence-electron chi connectivity index (χ2n) is 5.80. The Labute approximate surface area is 132 Å². The second-order valence-corrected chi connectivity index (χ2v) is 5.80. The van der Waals surface area contributed by atoms with E-state index in [1.54, 1.807) is 14.2 Å². The number of hydrogen-bond donors (Lipinski definition) is 2. The molecule has 5 heteroatoms. The first kappa shape index (κ1) is 16.8. The molecule has 2 rings (SSSR count). The van der Waals surface area contributed by atoms with Gasteiger partial charge in [-0.3, -0.25) is 4.79 Å². The van der Waals surface area contributed by atoms with E-state index in [4.69, 9.17) is 9.47 Å². The lowest BCUT2D eigenvalue weighted by molar-refractivity contribution is -0.919. The van der Waals surface area contributed by atoms with Crippen LogP contribution in [0.25, 0.3) is 0 Å². The lowest BCUT2D eigenvalue weighted by atomic mass is 9.95. The molecule has 0 spiro atoms. The molecule has 122 valence electrons. The Kier molecular flexibility index (Phi) is 6.68. The number of ether oxygens (including phenoxy) is 2. The van der Waals surface area contributed by atoms with Crippen molar-refractivity contribution in [2.24, 2.45) is 5.92 Å². The van der Waals surface area contributed by atoms with Gasteiger partial charge in [-0.15, -0.1) is 0 Å². The van der Waals surface area contributed by atoms with E-state index in [1.165, 1.54) is 10.5 Å². The van der Waals surface area contributed by atoms with Crippen LogP contribution in [0.1, 0.15) is 18.4 Å². The Balaban J connectivity index is 1.78. The summed E-state index contributed by atoms with van der Waals surface area (Å²) in [6.45, 7) is 4.19. The highest BCUT2D eigenvalue weighted by atomic mass is 16.5.